The van der Waals surface area contributed by atoms with Crippen LogP contribution in [0, 0.1) is 0 Å². The van der Waals surface area contributed by atoms with Crippen molar-refractivity contribution in [1.82, 2.24) is 9.78 Å². The van der Waals surface area contributed by atoms with Crippen molar-refractivity contribution in [2.75, 3.05) is 6.61 Å². The highest BCUT2D eigenvalue weighted by Crippen LogP contribution is 2.23. The van der Waals surface area contributed by atoms with E-state index in [-0.39, 0.29) is 5.56 Å². The number of nitrogens with zero attached hydrogens (tertiary/aromatic N) is 2. The largest absolute Gasteiger partial charge is 0.492 e. The van der Waals surface area contributed by atoms with Crippen LogP contribution in [-0.2, 0) is 13.5 Å². The highest BCUT2D eigenvalue weighted by atomic mass is 79.9. The number of carboxylic acids is 1. The number of rotatable bonds is 5. The molecular formula is C13H13BrN2O3. The van der Waals surface area contributed by atoms with Crippen LogP contribution in [0.25, 0.3) is 0 Å². The van der Waals surface area contributed by atoms with E-state index in [2.05, 4.69) is 21.0 Å². The van der Waals surface area contributed by atoms with Gasteiger partial charge in [0.1, 0.15) is 11.3 Å². The molecule has 19 heavy (non-hydrogen) atoms. The van der Waals surface area contributed by atoms with E-state index in [4.69, 9.17) is 9.84 Å². The first-order chi connectivity index (χ1) is 9.06. The van der Waals surface area contributed by atoms with Crippen LogP contribution in [0.4, 0.5) is 0 Å². The lowest BCUT2D eigenvalue weighted by molar-refractivity contribution is 0.0692. The van der Waals surface area contributed by atoms with Gasteiger partial charge in [-0.2, -0.15) is 5.10 Å². The van der Waals surface area contributed by atoms with Crippen LogP contribution in [0.3, 0.4) is 0 Å². The Kier molecular flexibility index (Phi) is 4.21. The zero-order valence-electron chi connectivity index (χ0n) is 10.3. The minimum atomic E-state index is -1.00. The first-order valence-electron chi connectivity index (χ1n) is 5.69. The van der Waals surface area contributed by atoms with Crippen LogP contribution in [0.5, 0.6) is 5.75 Å². The highest BCUT2D eigenvalue weighted by Gasteiger charge is 2.11. The number of aryl methyl sites for hydroxylation is 1. The molecule has 0 bridgehead atoms. The number of carbonyl (C=O) groups is 1. The van der Waals surface area contributed by atoms with Crippen LogP contribution in [0.1, 0.15) is 15.9 Å². The molecule has 1 aromatic heterocycles. The van der Waals surface area contributed by atoms with E-state index in [1.165, 1.54) is 6.07 Å². The minimum Gasteiger partial charge on any atom is -0.492 e. The molecule has 2 rings (SSSR count). The fourth-order valence-corrected chi connectivity index (χ4v) is 2.04. The number of hydrogen-bond acceptors (Lipinski definition) is 3. The average Bonchev–Trinajstić information content (AvgIpc) is 2.77. The number of aromatic nitrogens is 2. The molecule has 0 saturated heterocycles. The van der Waals surface area contributed by atoms with Gasteiger partial charge in [-0.05, 0) is 23.8 Å². The summed E-state index contributed by atoms with van der Waals surface area (Å²) in [7, 11) is 1.85. The van der Waals surface area contributed by atoms with Gasteiger partial charge >= 0.3 is 5.97 Å². The SMILES string of the molecule is Cn1cc(CCOc2ccc(Br)cc2C(=O)O)cn1. The Morgan fingerprint density at radius 2 is 2.32 bits per heavy atom. The molecule has 5 nitrogen and oxygen atoms in total. The summed E-state index contributed by atoms with van der Waals surface area (Å²) in [6.45, 7) is 0.410. The molecule has 0 aliphatic rings. The van der Waals surface area contributed by atoms with E-state index in [1.807, 2.05) is 13.2 Å². The fraction of sp³-hybridized carbons (Fsp3) is 0.231. The quantitative estimate of drug-likeness (QED) is 0.917. The van der Waals surface area contributed by atoms with E-state index in [0.29, 0.717) is 23.2 Å². The molecule has 0 saturated carbocycles. The summed E-state index contributed by atoms with van der Waals surface area (Å²) in [5.74, 6) is -0.628. The monoisotopic (exact) mass is 324 g/mol. The van der Waals surface area contributed by atoms with E-state index < -0.39 is 5.97 Å². The first-order valence-corrected chi connectivity index (χ1v) is 6.49. The third kappa shape index (κ3) is 3.57. The van der Waals surface area contributed by atoms with E-state index >= 15 is 0 Å². The van der Waals surface area contributed by atoms with Crippen LogP contribution in [-0.4, -0.2) is 27.5 Å². The molecule has 1 heterocycles. The molecule has 0 aliphatic carbocycles. The van der Waals surface area contributed by atoms with Gasteiger partial charge < -0.3 is 9.84 Å². The van der Waals surface area contributed by atoms with E-state index in [0.717, 1.165) is 5.56 Å². The highest BCUT2D eigenvalue weighted by molar-refractivity contribution is 9.10. The maximum absolute atomic E-state index is 11.1. The predicted octanol–water partition coefficient (Wildman–Crippen LogP) is 2.50. The van der Waals surface area contributed by atoms with Gasteiger partial charge in [-0.3, -0.25) is 4.68 Å². The summed E-state index contributed by atoms with van der Waals surface area (Å²) < 4.78 is 7.96. The van der Waals surface area contributed by atoms with Crippen molar-refractivity contribution in [3.8, 4) is 5.75 Å². The molecule has 1 aromatic carbocycles. The number of hydrogen-bond donors (Lipinski definition) is 1. The van der Waals surface area contributed by atoms with Gasteiger partial charge in [0.25, 0.3) is 0 Å². The fourth-order valence-electron chi connectivity index (χ4n) is 1.68. The Labute approximate surface area is 118 Å². The average molecular weight is 325 g/mol. The van der Waals surface area contributed by atoms with Gasteiger partial charge in [-0.15, -0.1) is 0 Å². The van der Waals surface area contributed by atoms with E-state index in [1.54, 1.807) is 23.0 Å². The second-order valence-electron chi connectivity index (χ2n) is 4.07. The normalized spacial score (nSPS) is 10.4. The maximum atomic E-state index is 11.1. The molecule has 2 aromatic rings. The number of benzene rings is 1. The molecule has 0 radical (unpaired) electrons. The van der Waals surface area contributed by atoms with Crippen molar-refractivity contribution in [2.45, 2.75) is 6.42 Å². The Morgan fingerprint density at radius 3 is 2.95 bits per heavy atom. The minimum absolute atomic E-state index is 0.153. The zero-order chi connectivity index (χ0) is 13.8. The van der Waals surface area contributed by atoms with Crippen LogP contribution in [0.15, 0.2) is 35.1 Å². The Balaban J connectivity index is 2.01. The number of halogens is 1. The summed E-state index contributed by atoms with van der Waals surface area (Å²) >= 11 is 3.24. The summed E-state index contributed by atoms with van der Waals surface area (Å²) in [6.07, 6.45) is 4.36. The van der Waals surface area contributed by atoms with Gasteiger partial charge in [0, 0.05) is 24.1 Å². The van der Waals surface area contributed by atoms with Crippen LogP contribution < -0.4 is 4.74 Å². The predicted molar refractivity (Wildman–Crippen MR) is 73.5 cm³/mol. The second kappa shape index (κ2) is 5.88. The molecule has 0 atom stereocenters. The van der Waals surface area contributed by atoms with Gasteiger partial charge in [0.2, 0.25) is 0 Å². The van der Waals surface area contributed by atoms with E-state index in [9.17, 15) is 4.79 Å². The van der Waals surface area contributed by atoms with Crippen molar-refractivity contribution < 1.29 is 14.6 Å². The molecule has 0 unspecified atom stereocenters. The molecule has 0 amide bonds. The zero-order valence-corrected chi connectivity index (χ0v) is 11.9. The molecular weight excluding hydrogens is 312 g/mol. The lowest BCUT2D eigenvalue weighted by Crippen LogP contribution is -2.06. The van der Waals surface area contributed by atoms with Crippen molar-refractivity contribution in [1.29, 1.82) is 0 Å². The van der Waals surface area contributed by atoms with Gasteiger partial charge in [0.15, 0.2) is 0 Å². The van der Waals surface area contributed by atoms with Crippen molar-refractivity contribution in [2.24, 2.45) is 7.05 Å². The number of aromatic carboxylic acids is 1. The topological polar surface area (TPSA) is 64.3 Å². The molecule has 0 spiro atoms. The van der Waals surface area contributed by atoms with Crippen LogP contribution >= 0.6 is 15.9 Å². The number of ether oxygens (including phenoxy) is 1. The number of carboxylic acid groups (broad SMARTS) is 1. The summed E-state index contributed by atoms with van der Waals surface area (Å²) in [4.78, 5) is 11.1. The molecule has 100 valence electrons. The van der Waals surface area contributed by atoms with Crippen molar-refractivity contribution >= 4 is 21.9 Å². The third-order valence-electron chi connectivity index (χ3n) is 2.58. The van der Waals surface area contributed by atoms with Gasteiger partial charge in [-0.1, -0.05) is 15.9 Å². The van der Waals surface area contributed by atoms with Crippen molar-refractivity contribution in [3.05, 3.63) is 46.2 Å². The summed E-state index contributed by atoms with van der Waals surface area (Å²) in [5, 5.41) is 13.2. The first kappa shape index (κ1) is 13.6. The Bertz CT molecular complexity index is 595. The Morgan fingerprint density at radius 1 is 1.53 bits per heavy atom. The second-order valence-corrected chi connectivity index (χ2v) is 4.98. The standard InChI is InChI=1S/C13H13BrN2O3/c1-16-8-9(7-15-16)4-5-19-12-3-2-10(14)6-11(12)13(17)18/h2-3,6-8H,4-5H2,1H3,(H,17,18). The smallest absolute Gasteiger partial charge is 0.339 e. The Hall–Kier alpha value is -1.82. The van der Waals surface area contributed by atoms with Crippen molar-refractivity contribution in [3.63, 3.8) is 0 Å². The third-order valence-corrected chi connectivity index (χ3v) is 3.07. The summed E-state index contributed by atoms with van der Waals surface area (Å²) in [5.41, 5.74) is 1.21. The van der Waals surface area contributed by atoms with Gasteiger partial charge in [-0.25, -0.2) is 4.79 Å². The van der Waals surface area contributed by atoms with Crippen LogP contribution in [0.2, 0.25) is 0 Å². The maximum Gasteiger partial charge on any atom is 0.339 e. The summed E-state index contributed by atoms with van der Waals surface area (Å²) in [6, 6.07) is 4.93. The van der Waals surface area contributed by atoms with Gasteiger partial charge in [0.05, 0.1) is 12.8 Å². The molecule has 6 heteroatoms. The molecule has 1 N–H and O–H groups in total. The molecule has 0 aliphatic heterocycles. The lowest BCUT2D eigenvalue weighted by Gasteiger charge is -2.08. The lowest BCUT2D eigenvalue weighted by atomic mass is 10.2. The molecule has 0 fully saturated rings.